The first kappa shape index (κ1) is 76.1. The lowest BCUT2D eigenvalue weighted by atomic mass is 10.0. The number of aliphatic hydroxyl groups excluding tert-OH is 2. The summed E-state index contributed by atoms with van der Waals surface area (Å²) in [6, 6.07) is -0.627. The summed E-state index contributed by atoms with van der Waals surface area (Å²) >= 11 is 0. The van der Waals surface area contributed by atoms with E-state index in [-0.39, 0.29) is 18.5 Å². The van der Waals surface area contributed by atoms with Crippen molar-refractivity contribution in [2.75, 3.05) is 13.2 Å². The summed E-state index contributed by atoms with van der Waals surface area (Å²) in [6.07, 6.45) is 86.5. The lowest BCUT2D eigenvalue weighted by Crippen LogP contribution is -2.45. The Morgan fingerprint density at radius 1 is 0.346 bits per heavy atom. The molecule has 1 amide bonds. The van der Waals surface area contributed by atoms with E-state index in [1.807, 2.05) is 6.08 Å². The average Bonchev–Trinajstić information content (AvgIpc) is 3.44. The Kier molecular flexibility index (Phi) is 65.9. The van der Waals surface area contributed by atoms with Gasteiger partial charge < -0.3 is 20.3 Å². The number of hydrogen-bond donors (Lipinski definition) is 3. The molecule has 78 heavy (non-hydrogen) atoms. The topological polar surface area (TPSA) is 95.9 Å². The van der Waals surface area contributed by atoms with Crippen LogP contribution in [0.5, 0.6) is 0 Å². The molecule has 2 unspecified atom stereocenters. The Labute approximate surface area is 487 Å². The molecule has 6 heteroatoms. The van der Waals surface area contributed by atoms with Gasteiger partial charge in [-0.1, -0.05) is 326 Å². The maximum Gasteiger partial charge on any atom is 0.305 e. The molecule has 0 spiro atoms. The van der Waals surface area contributed by atoms with Crippen LogP contribution in [0, 0.1) is 0 Å². The first-order chi connectivity index (χ1) is 38.5. The van der Waals surface area contributed by atoms with Crippen LogP contribution in [0.4, 0.5) is 0 Å². The van der Waals surface area contributed by atoms with Gasteiger partial charge in [0.15, 0.2) is 0 Å². The van der Waals surface area contributed by atoms with E-state index in [2.05, 4.69) is 43.5 Å². The van der Waals surface area contributed by atoms with Crippen LogP contribution in [0.1, 0.15) is 386 Å². The van der Waals surface area contributed by atoms with Crippen molar-refractivity contribution in [3.63, 3.8) is 0 Å². The van der Waals surface area contributed by atoms with Gasteiger partial charge in [-0.2, -0.15) is 0 Å². The van der Waals surface area contributed by atoms with Crippen LogP contribution in [0.3, 0.4) is 0 Å². The smallest absolute Gasteiger partial charge is 0.305 e. The number of hydrogen-bond acceptors (Lipinski definition) is 5. The van der Waals surface area contributed by atoms with E-state index >= 15 is 0 Å². The molecule has 3 N–H and O–H groups in total. The highest BCUT2D eigenvalue weighted by atomic mass is 16.5. The van der Waals surface area contributed by atoms with E-state index in [4.69, 9.17) is 4.74 Å². The Morgan fingerprint density at radius 2 is 0.603 bits per heavy atom. The summed E-state index contributed by atoms with van der Waals surface area (Å²) < 4.78 is 5.50. The molecule has 0 aromatic heterocycles. The number of rotatable bonds is 66. The zero-order valence-electron chi connectivity index (χ0n) is 52.7. The molecule has 2 atom stereocenters. The number of unbranched alkanes of at least 4 members (excludes halogenated alkanes) is 51. The van der Waals surface area contributed by atoms with Crippen LogP contribution >= 0.6 is 0 Å². The summed E-state index contributed by atoms with van der Waals surface area (Å²) in [6.45, 7) is 4.92. The van der Waals surface area contributed by atoms with Gasteiger partial charge in [0, 0.05) is 12.8 Å². The molecule has 0 aliphatic heterocycles. The monoisotopic (exact) mass is 1100 g/mol. The normalized spacial score (nSPS) is 12.7. The fraction of sp³-hybridized carbons (Fsp3) is 0.889. The Morgan fingerprint density at radius 3 is 0.910 bits per heavy atom. The van der Waals surface area contributed by atoms with Gasteiger partial charge in [-0.3, -0.25) is 9.59 Å². The fourth-order valence-electron chi connectivity index (χ4n) is 11.0. The predicted octanol–water partition coefficient (Wildman–Crippen LogP) is 22.7. The van der Waals surface area contributed by atoms with Crippen LogP contribution in [-0.4, -0.2) is 47.4 Å². The van der Waals surface area contributed by atoms with Crippen LogP contribution < -0.4 is 5.32 Å². The highest BCUT2D eigenvalue weighted by Gasteiger charge is 2.18. The lowest BCUT2D eigenvalue weighted by molar-refractivity contribution is -0.143. The van der Waals surface area contributed by atoms with E-state index in [1.165, 1.54) is 315 Å². The van der Waals surface area contributed by atoms with Crippen LogP contribution in [0.2, 0.25) is 0 Å². The summed E-state index contributed by atoms with van der Waals surface area (Å²) in [5.74, 6) is -0.0520. The highest BCUT2D eigenvalue weighted by molar-refractivity contribution is 5.76. The molecule has 0 aliphatic rings. The second-order valence-electron chi connectivity index (χ2n) is 24.2. The number of nitrogens with one attached hydrogen (secondary N) is 1. The van der Waals surface area contributed by atoms with Crippen molar-refractivity contribution in [1.29, 1.82) is 0 Å². The molecule has 0 saturated heterocycles. The Hall–Kier alpha value is -1.92. The molecule has 0 heterocycles. The van der Waals surface area contributed by atoms with Crippen molar-refractivity contribution >= 4 is 11.9 Å². The lowest BCUT2D eigenvalue weighted by Gasteiger charge is -2.20. The summed E-state index contributed by atoms with van der Waals surface area (Å²) in [4.78, 5) is 24.6. The minimum Gasteiger partial charge on any atom is -0.466 e. The second-order valence-corrected chi connectivity index (χ2v) is 24.2. The predicted molar refractivity (Wildman–Crippen MR) is 343 cm³/mol. The zero-order chi connectivity index (χ0) is 56.4. The summed E-state index contributed by atoms with van der Waals surface area (Å²) in [5.41, 5.74) is 0. The number of esters is 1. The maximum atomic E-state index is 12.5. The van der Waals surface area contributed by atoms with E-state index < -0.39 is 12.1 Å². The molecule has 6 nitrogen and oxygen atoms in total. The molecular weight excluding hydrogens is 959 g/mol. The third-order valence-corrected chi connectivity index (χ3v) is 16.4. The second kappa shape index (κ2) is 67.6. The number of carbonyl (C=O) groups is 2. The van der Waals surface area contributed by atoms with E-state index in [0.717, 1.165) is 44.9 Å². The Balaban J connectivity index is 3.38. The summed E-state index contributed by atoms with van der Waals surface area (Å²) in [5, 5.41) is 23.2. The van der Waals surface area contributed by atoms with Gasteiger partial charge in [-0.15, -0.1) is 0 Å². The van der Waals surface area contributed by atoms with Gasteiger partial charge in [-0.25, -0.2) is 0 Å². The van der Waals surface area contributed by atoms with Crippen molar-refractivity contribution in [2.45, 2.75) is 398 Å². The molecule has 0 fully saturated rings. The van der Waals surface area contributed by atoms with Crippen molar-refractivity contribution in [1.82, 2.24) is 5.32 Å². The molecular formula is C72H137NO5. The van der Waals surface area contributed by atoms with E-state index in [0.29, 0.717) is 19.4 Å². The largest absolute Gasteiger partial charge is 0.466 e. The molecule has 0 aliphatic carbocycles. The number of aliphatic hydroxyl groups is 2. The average molecular weight is 1100 g/mol. The fourth-order valence-corrected chi connectivity index (χ4v) is 11.0. The van der Waals surface area contributed by atoms with Crippen molar-refractivity contribution in [2.24, 2.45) is 0 Å². The molecule has 0 saturated carbocycles. The van der Waals surface area contributed by atoms with Crippen molar-refractivity contribution in [3.05, 3.63) is 36.5 Å². The molecule has 0 aromatic carbocycles. The molecule has 460 valence electrons. The van der Waals surface area contributed by atoms with E-state index in [1.54, 1.807) is 6.08 Å². The van der Waals surface area contributed by atoms with Gasteiger partial charge >= 0.3 is 5.97 Å². The molecule has 0 aromatic rings. The Bertz CT molecular complexity index is 1260. The van der Waals surface area contributed by atoms with Crippen molar-refractivity contribution in [3.8, 4) is 0 Å². The van der Waals surface area contributed by atoms with Gasteiger partial charge in [0.2, 0.25) is 5.91 Å². The quantitative estimate of drug-likeness (QED) is 0.0320. The molecule has 0 rings (SSSR count). The zero-order valence-corrected chi connectivity index (χ0v) is 52.7. The van der Waals surface area contributed by atoms with E-state index in [9.17, 15) is 19.8 Å². The van der Waals surface area contributed by atoms with Gasteiger partial charge in [0.25, 0.3) is 0 Å². The van der Waals surface area contributed by atoms with Crippen LogP contribution in [-0.2, 0) is 14.3 Å². The van der Waals surface area contributed by atoms with Crippen LogP contribution in [0.25, 0.3) is 0 Å². The van der Waals surface area contributed by atoms with Gasteiger partial charge in [0.05, 0.1) is 25.4 Å². The molecule has 0 bridgehead atoms. The number of amides is 1. The summed E-state index contributed by atoms with van der Waals surface area (Å²) in [7, 11) is 0. The highest BCUT2D eigenvalue weighted by Crippen LogP contribution is 2.18. The SMILES string of the molecule is CCCCCCCC/C=C\CCCCCCCCCC(=O)OCCCCCCCCCCCCCC/C=C\CCCCCCCCCCCCCCCC(=O)NC(CO)C(O)/C=C/CCCCCCCCCCCCCCC. The minimum absolute atomic E-state index is 0.0132. The third-order valence-electron chi connectivity index (χ3n) is 16.4. The first-order valence-electron chi connectivity index (χ1n) is 35.3. The van der Waals surface area contributed by atoms with Crippen molar-refractivity contribution < 1.29 is 24.5 Å². The van der Waals surface area contributed by atoms with Crippen LogP contribution in [0.15, 0.2) is 36.5 Å². The first-order valence-corrected chi connectivity index (χ1v) is 35.3. The number of allylic oxidation sites excluding steroid dienone is 5. The van der Waals surface area contributed by atoms with Gasteiger partial charge in [0.1, 0.15) is 0 Å². The third kappa shape index (κ3) is 63.3. The van der Waals surface area contributed by atoms with Gasteiger partial charge in [-0.05, 0) is 83.5 Å². The number of carbonyl (C=O) groups excluding carboxylic acids is 2. The minimum atomic E-state index is -0.844. The maximum absolute atomic E-state index is 12.5. The molecule has 0 radical (unpaired) electrons. The standard InChI is InChI=1S/C72H137NO5/c1-3-5-7-9-11-13-15-17-19-33-38-42-46-50-54-58-62-66-72(77)78-67-63-59-55-51-47-43-39-35-32-30-28-26-24-22-20-21-23-25-27-29-31-34-37-41-45-49-53-57-61-65-71(76)73-69(68-74)70(75)64-60-56-52-48-44-40-36-18-16-14-12-10-8-6-4-2/h17,19-20,22,60,64,69-70,74-75H,3-16,18,21,23-59,61-63,65-68H2,1-2H3,(H,73,76)/b19-17-,22-20-,64-60+. The number of ether oxygens (including phenoxy) is 1.